The lowest BCUT2D eigenvalue weighted by atomic mass is 10.1. The van der Waals surface area contributed by atoms with Gasteiger partial charge >= 0.3 is 0 Å². The predicted octanol–water partition coefficient (Wildman–Crippen LogP) is 4.26. The Morgan fingerprint density at radius 3 is 2.50 bits per heavy atom. The molecule has 0 aliphatic heterocycles. The molecule has 0 atom stereocenters. The Balaban J connectivity index is 1.97. The molecule has 2 aromatic rings. The van der Waals surface area contributed by atoms with Gasteiger partial charge in [0.25, 0.3) is 11.8 Å². The van der Waals surface area contributed by atoms with Gasteiger partial charge in [-0.2, -0.15) is 0 Å². The standard InChI is InChI=1S/C19H19Br2N3O3S/c1-3-8-27-16-7-6-13(20)10-14(16)18(26)22-19(28)24-23-17(25)12-5-4-11(2)15(21)9-12/h4-7,9-10H,3,8H2,1-2H3,(H,23,25)(H2,22,24,26,28). The number of hydrogen-bond donors (Lipinski definition) is 3. The number of carbonyl (C=O) groups is 2. The molecule has 0 aromatic heterocycles. The van der Waals surface area contributed by atoms with Gasteiger partial charge in [-0.15, -0.1) is 0 Å². The first-order chi connectivity index (χ1) is 13.3. The Morgan fingerprint density at radius 1 is 1.07 bits per heavy atom. The second-order valence-electron chi connectivity index (χ2n) is 5.82. The number of halogens is 2. The molecule has 0 unspecified atom stereocenters. The molecular weight excluding hydrogens is 510 g/mol. The van der Waals surface area contributed by atoms with Crippen LogP contribution in [0.2, 0.25) is 0 Å². The lowest BCUT2D eigenvalue weighted by Crippen LogP contribution is -2.48. The molecule has 0 radical (unpaired) electrons. The van der Waals surface area contributed by atoms with Crippen LogP contribution in [0, 0.1) is 6.92 Å². The number of aryl methyl sites for hydroxylation is 1. The summed E-state index contributed by atoms with van der Waals surface area (Å²) in [4.78, 5) is 24.7. The van der Waals surface area contributed by atoms with Crippen LogP contribution in [-0.2, 0) is 0 Å². The van der Waals surface area contributed by atoms with E-state index in [1.54, 1.807) is 30.3 Å². The van der Waals surface area contributed by atoms with E-state index in [0.29, 0.717) is 23.5 Å². The maximum atomic E-state index is 12.5. The molecule has 0 spiro atoms. The monoisotopic (exact) mass is 527 g/mol. The van der Waals surface area contributed by atoms with Crippen molar-refractivity contribution in [2.24, 2.45) is 0 Å². The highest BCUT2D eigenvalue weighted by molar-refractivity contribution is 9.10. The Bertz CT molecular complexity index is 906. The molecule has 6 nitrogen and oxygen atoms in total. The van der Waals surface area contributed by atoms with Crippen LogP contribution in [0.25, 0.3) is 0 Å². The number of rotatable bonds is 5. The van der Waals surface area contributed by atoms with E-state index in [4.69, 9.17) is 17.0 Å². The summed E-state index contributed by atoms with van der Waals surface area (Å²) in [5.74, 6) is -0.372. The summed E-state index contributed by atoms with van der Waals surface area (Å²) in [6.45, 7) is 4.40. The molecule has 3 N–H and O–H groups in total. The summed E-state index contributed by atoms with van der Waals surface area (Å²) < 4.78 is 7.16. The maximum absolute atomic E-state index is 12.5. The number of ether oxygens (including phenoxy) is 1. The number of benzene rings is 2. The van der Waals surface area contributed by atoms with Gasteiger partial charge in [-0.3, -0.25) is 25.8 Å². The van der Waals surface area contributed by atoms with Gasteiger partial charge in [-0.05, 0) is 61.5 Å². The van der Waals surface area contributed by atoms with Crippen molar-refractivity contribution in [2.45, 2.75) is 20.3 Å². The molecule has 0 bridgehead atoms. The number of thiocarbonyl (C=S) groups is 1. The first kappa shape index (κ1) is 22.3. The van der Waals surface area contributed by atoms with E-state index in [2.05, 4.69) is 48.0 Å². The zero-order chi connectivity index (χ0) is 20.7. The van der Waals surface area contributed by atoms with Crippen molar-refractivity contribution < 1.29 is 14.3 Å². The van der Waals surface area contributed by atoms with Gasteiger partial charge in [0, 0.05) is 14.5 Å². The lowest BCUT2D eigenvalue weighted by Gasteiger charge is -2.14. The van der Waals surface area contributed by atoms with E-state index < -0.39 is 5.91 Å². The van der Waals surface area contributed by atoms with Crippen LogP contribution in [0.15, 0.2) is 45.3 Å². The summed E-state index contributed by atoms with van der Waals surface area (Å²) >= 11 is 11.8. The largest absolute Gasteiger partial charge is 0.493 e. The molecule has 0 fully saturated rings. The SMILES string of the molecule is CCCOc1ccc(Br)cc1C(=O)NC(=S)NNC(=O)c1ccc(C)c(Br)c1. The van der Waals surface area contributed by atoms with Crippen LogP contribution in [0.1, 0.15) is 39.6 Å². The third kappa shape index (κ3) is 6.29. The van der Waals surface area contributed by atoms with Crippen molar-refractivity contribution >= 4 is 61.0 Å². The lowest BCUT2D eigenvalue weighted by molar-refractivity contribution is 0.0933. The molecule has 9 heteroatoms. The number of carbonyl (C=O) groups excluding carboxylic acids is 2. The van der Waals surface area contributed by atoms with Crippen LogP contribution >= 0.6 is 44.1 Å². The molecule has 0 saturated heterocycles. The number of nitrogens with one attached hydrogen (secondary N) is 3. The summed E-state index contributed by atoms with van der Waals surface area (Å²) in [5, 5.41) is 2.49. The fourth-order valence-corrected chi connectivity index (χ4v) is 3.02. The fourth-order valence-electron chi connectivity index (χ4n) is 2.14. The third-order valence-corrected chi connectivity index (χ3v) is 5.15. The van der Waals surface area contributed by atoms with Gasteiger partial charge in [0.15, 0.2) is 5.11 Å². The van der Waals surface area contributed by atoms with Crippen LogP contribution in [0.4, 0.5) is 0 Å². The minimum absolute atomic E-state index is 0.0362. The molecule has 0 saturated carbocycles. The van der Waals surface area contributed by atoms with Crippen LogP contribution in [0.3, 0.4) is 0 Å². The minimum Gasteiger partial charge on any atom is -0.493 e. The third-order valence-electron chi connectivity index (χ3n) is 3.60. The van der Waals surface area contributed by atoms with Gasteiger partial charge in [0.1, 0.15) is 5.75 Å². The maximum Gasteiger partial charge on any atom is 0.269 e. The van der Waals surface area contributed by atoms with Crippen molar-refractivity contribution in [3.05, 3.63) is 62.0 Å². The van der Waals surface area contributed by atoms with Gasteiger partial charge in [-0.25, -0.2) is 0 Å². The summed E-state index contributed by atoms with van der Waals surface area (Å²) in [5.41, 5.74) is 6.78. The zero-order valence-corrected chi connectivity index (χ0v) is 19.3. The first-order valence-electron chi connectivity index (χ1n) is 8.42. The fraction of sp³-hybridized carbons (Fsp3) is 0.211. The zero-order valence-electron chi connectivity index (χ0n) is 15.3. The molecule has 0 aliphatic carbocycles. The average Bonchev–Trinajstić information content (AvgIpc) is 2.67. The van der Waals surface area contributed by atoms with E-state index in [1.807, 2.05) is 19.9 Å². The molecule has 0 heterocycles. The molecule has 148 valence electrons. The second kappa shape index (κ2) is 10.5. The van der Waals surface area contributed by atoms with E-state index in [-0.39, 0.29) is 11.0 Å². The molecule has 2 aromatic carbocycles. The first-order valence-corrected chi connectivity index (χ1v) is 10.4. The van der Waals surface area contributed by atoms with Crippen LogP contribution in [-0.4, -0.2) is 23.5 Å². The number of hydrazine groups is 1. The minimum atomic E-state index is -0.447. The summed E-state index contributed by atoms with van der Waals surface area (Å²) in [6, 6.07) is 10.4. The average molecular weight is 529 g/mol. The Labute approximate surface area is 185 Å². The van der Waals surface area contributed by atoms with Crippen molar-refractivity contribution in [3.63, 3.8) is 0 Å². The van der Waals surface area contributed by atoms with Crippen molar-refractivity contribution in [3.8, 4) is 5.75 Å². The van der Waals surface area contributed by atoms with Gasteiger partial charge in [0.2, 0.25) is 0 Å². The van der Waals surface area contributed by atoms with Crippen molar-refractivity contribution in [2.75, 3.05) is 6.61 Å². The quantitative estimate of drug-likeness (QED) is 0.399. The Hall–Kier alpha value is -1.97. The second-order valence-corrected chi connectivity index (χ2v) is 7.99. The highest BCUT2D eigenvalue weighted by Crippen LogP contribution is 2.23. The van der Waals surface area contributed by atoms with E-state index in [0.717, 1.165) is 20.9 Å². The predicted molar refractivity (Wildman–Crippen MR) is 119 cm³/mol. The molecule has 28 heavy (non-hydrogen) atoms. The molecule has 2 amide bonds. The topological polar surface area (TPSA) is 79.5 Å². The van der Waals surface area contributed by atoms with Crippen LogP contribution in [0.5, 0.6) is 5.75 Å². The molecular formula is C19H19Br2N3O3S. The molecule has 2 rings (SSSR count). The number of hydrogen-bond acceptors (Lipinski definition) is 4. The van der Waals surface area contributed by atoms with Crippen LogP contribution < -0.4 is 20.9 Å². The highest BCUT2D eigenvalue weighted by atomic mass is 79.9. The van der Waals surface area contributed by atoms with Gasteiger partial charge in [-0.1, -0.05) is 44.8 Å². The summed E-state index contributed by atoms with van der Waals surface area (Å²) in [6.07, 6.45) is 0.818. The van der Waals surface area contributed by atoms with Crippen molar-refractivity contribution in [1.82, 2.24) is 16.2 Å². The Kier molecular flexibility index (Phi) is 8.40. The van der Waals surface area contributed by atoms with Gasteiger partial charge in [0.05, 0.1) is 12.2 Å². The van der Waals surface area contributed by atoms with E-state index in [1.165, 1.54) is 0 Å². The van der Waals surface area contributed by atoms with E-state index >= 15 is 0 Å². The highest BCUT2D eigenvalue weighted by Gasteiger charge is 2.15. The smallest absolute Gasteiger partial charge is 0.269 e. The van der Waals surface area contributed by atoms with Gasteiger partial charge < -0.3 is 4.74 Å². The summed E-state index contributed by atoms with van der Waals surface area (Å²) in [7, 11) is 0. The van der Waals surface area contributed by atoms with Crippen molar-refractivity contribution in [1.29, 1.82) is 0 Å². The Morgan fingerprint density at radius 2 is 1.82 bits per heavy atom. The van der Waals surface area contributed by atoms with E-state index in [9.17, 15) is 9.59 Å². The number of amides is 2. The normalized spacial score (nSPS) is 10.1. The molecule has 0 aliphatic rings.